The number of ether oxygens (including phenoxy) is 1. The first kappa shape index (κ1) is 14.0. The fourth-order valence-electron chi connectivity index (χ4n) is 1.83. The lowest BCUT2D eigenvalue weighted by molar-refractivity contribution is -0.385. The van der Waals surface area contributed by atoms with Gasteiger partial charge in [0.15, 0.2) is 0 Å². The highest BCUT2D eigenvalue weighted by Gasteiger charge is 2.18. The quantitative estimate of drug-likeness (QED) is 0.680. The average Bonchev–Trinajstić information content (AvgIpc) is 2.38. The minimum absolute atomic E-state index is 0.157. The van der Waals surface area contributed by atoms with Gasteiger partial charge in [-0.25, -0.2) is 0 Å². The van der Waals surface area contributed by atoms with Gasteiger partial charge in [-0.2, -0.15) is 0 Å². The first-order valence-electron chi connectivity index (χ1n) is 6.18. The van der Waals surface area contributed by atoms with Crippen LogP contribution in [-0.2, 0) is 0 Å². The number of aryl methyl sites for hydroxylation is 1. The van der Waals surface area contributed by atoms with E-state index in [-0.39, 0.29) is 11.4 Å². The summed E-state index contributed by atoms with van der Waals surface area (Å²) in [5.74, 6) is 0.697. The van der Waals surface area contributed by atoms with E-state index in [0.29, 0.717) is 11.3 Å². The summed E-state index contributed by atoms with van der Waals surface area (Å²) in [6.07, 6.45) is -0.762. The average molecular weight is 273 g/mol. The number of hydrogen-bond acceptors (Lipinski definition) is 4. The van der Waals surface area contributed by atoms with Gasteiger partial charge in [-0.3, -0.25) is 10.1 Å². The molecule has 0 aliphatic carbocycles. The Hall–Kier alpha value is -2.40. The van der Waals surface area contributed by atoms with E-state index >= 15 is 0 Å². The molecule has 5 heteroatoms. The number of hydrogen-bond donors (Lipinski definition) is 1. The Morgan fingerprint density at radius 2 is 2.00 bits per heavy atom. The maximum Gasteiger partial charge on any atom is 0.311 e. The molecule has 2 rings (SSSR count). The molecule has 5 nitrogen and oxygen atoms in total. The predicted molar refractivity (Wildman–Crippen MR) is 75.0 cm³/mol. The third-order valence-electron chi connectivity index (χ3n) is 2.88. The molecule has 104 valence electrons. The maximum atomic E-state index is 11.1. The lowest BCUT2D eigenvalue weighted by atomic mass is 10.1. The fourth-order valence-corrected chi connectivity index (χ4v) is 1.83. The van der Waals surface area contributed by atoms with Gasteiger partial charge in [-0.1, -0.05) is 18.2 Å². The highest BCUT2D eigenvalue weighted by molar-refractivity contribution is 5.51. The first-order chi connectivity index (χ1) is 9.47. The molecule has 2 aromatic rings. The van der Waals surface area contributed by atoms with Crippen molar-refractivity contribution in [2.75, 3.05) is 0 Å². The SMILES string of the molecule is Cc1cccc(Oc2ccc(C(C)O)cc2[N+](=O)[O-])c1. The molecule has 0 aromatic heterocycles. The number of nitro groups is 1. The van der Waals surface area contributed by atoms with Crippen molar-refractivity contribution >= 4 is 5.69 Å². The van der Waals surface area contributed by atoms with E-state index in [1.54, 1.807) is 25.1 Å². The largest absolute Gasteiger partial charge is 0.450 e. The highest BCUT2D eigenvalue weighted by atomic mass is 16.6. The lowest BCUT2D eigenvalue weighted by Gasteiger charge is -2.09. The van der Waals surface area contributed by atoms with Crippen LogP contribution in [0.5, 0.6) is 11.5 Å². The van der Waals surface area contributed by atoms with Crippen molar-refractivity contribution in [3.05, 3.63) is 63.7 Å². The lowest BCUT2D eigenvalue weighted by Crippen LogP contribution is -1.97. The standard InChI is InChI=1S/C15H15NO4/c1-10-4-3-5-13(8-10)20-15-7-6-12(11(2)17)9-14(15)16(18)19/h3-9,11,17H,1-2H3. The number of nitrogens with zero attached hydrogens (tertiary/aromatic N) is 1. The highest BCUT2D eigenvalue weighted by Crippen LogP contribution is 2.33. The van der Waals surface area contributed by atoms with E-state index in [9.17, 15) is 15.2 Å². The van der Waals surface area contributed by atoms with Crippen LogP contribution in [0, 0.1) is 17.0 Å². The molecule has 1 N–H and O–H groups in total. The molecule has 0 bridgehead atoms. The zero-order chi connectivity index (χ0) is 14.7. The van der Waals surface area contributed by atoms with Gasteiger partial charge in [-0.05, 0) is 43.2 Å². The fraction of sp³-hybridized carbons (Fsp3) is 0.200. The number of nitro benzene ring substituents is 1. The van der Waals surface area contributed by atoms with Gasteiger partial charge in [0.25, 0.3) is 0 Å². The molecular formula is C15H15NO4. The number of aliphatic hydroxyl groups excluding tert-OH is 1. The topological polar surface area (TPSA) is 72.6 Å². The van der Waals surface area contributed by atoms with Crippen LogP contribution in [0.3, 0.4) is 0 Å². The summed E-state index contributed by atoms with van der Waals surface area (Å²) in [7, 11) is 0. The molecule has 2 aromatic carbocycles. The van der Waals surface area contributed by atoms with E-state index in [0.717, 1.165) is 5.56 Å². The predicted octanol–water partition coefficient (Wildman–Crippen LogP) is 3.75. The van der Waals surface area contributed by atoms with E-state index in [1.165, 1.54) is 12.1 Å². The van der Waals surface area contributed by atoms with Crippen LogP contribution in [-0.4, -0.2) is 10.0 Å². The summed E-state index contributed by atoms with van der Waals surface area (Å²) in [4.78, 5) is 10.6. The van der Waals surface area contributed by atoms with Crippen molar-refractivity contribution in [2.45, 2.75) is 20.0 Å². The van der Waals surface area contributed by atoms with Gasteiger partial charge in [0.1, 0.15) is 5.75 Å². The second kappa shape index (κ2) is 5.71. The second-order valence-electron chi connectivity index (χ2n) is 4.58. The van der Waals surface area contributed by atoms with Crippen LogP contribution in [0.4, 0.5) is 5.69 Å². The van der Waals surface area contributed by atoms with E-state index in [1.807, 2.05) is 19.1 Å². The van der Waals surface area contributed by atoms with Crippen LogP contribution in [0.1, 0.15) is 24.2 Å². The van der Waals surface area contributed by atoms with E-state index in [2.05, 4.69) is 0 Å². The second-order valence-corrected chi connectivity index (χ2v) is 4.58. The van der Waals surface area contributed by atoms with E-state index < -0.39 is 11.0 Å². The van der Waals surface area contributed by atoms with Crippen molar-refractivity contribution in [3.8, 4) is 11.5 Å². The van der Waals surface area contributed by atoms with Gasteiger partial charge < -0.3 is 9.84 Å². The smallest absolute Gasteiger partial charge is 0.311 e. The summed E-state index contributed by atoms with van der Waals surface area (Å²) in [6, 6.07) is 11.7. The van der Waals surface area contributed by atoms with Crippen molar-refractivity contribution < 1.29 is 14.8 Å². The first-order valence-corrected chi connectivity index (χ1v) is 6.18. The van der Waals surface area contributed by atoms with Crippen LogP contribution in [0.15, 0.2) is 42.5 Å². The molecular weight excluding hydrogens is 258 g/mol. The number of benzene rings is 2. The molecule has 1 unspecified atom stereocenters. The Morgan fingerprint density at radius 3 is 2.60 bits per heavy atom. The zero-order valence-electron chi connectivity index (χ0n) is 11.2. The van der Waals surface area contributed by atoms with Gasteiger partial charge >= 0.3 is 5.69 Å². The Labute approximate surface area is 116 Å². The molecule has 0 saturated heterocycles. The normalized spacial score (nSPS) is 11.9. The molecule has 0 saturated carbocycles. The van der Waals surface area contributed by atoms with Crippen molar-refractivity contribution in [3.63, 3.8) is 0 Å². The van der Waals surface area contributed by atoms with Gasteiger partial charge in [0, 0.05) is 6.07 Å². The van der Waals surface area contributed by atoms with Crippen molar-refractivity contribution in [1.29, 1.82) is 0 Å². The molecule has 0 radical (unpaired) electrons. The monoisotopic (exact) mass is 273 g/mol. The maximum absolute atomic E-state index is 11.1. The minimum Gasteiger partial charge on any atom is -0.450 e. The van der Waals surface area contributed by atoms with Gasteiger partial charge in [0.05, 0.1) is 11.0 Å². The summed E-state index contributed by atoms with van der Waals surface area (Å²) < 4.78 is 5.56. The summed E-state index contributed by atoms with van der Waals surface area (Å²) in [6.45, 7) is 3.47. The third kappa shape index (κ3) is 3.13. The summed E-state index contributed by atoms with van der Waals surface area (Å²) in [5, 5.41) is 20.6. The molecule has 1 atom stereocenters. The molecule has 20 heavy (non-hydrogen) atoms. The molecule has 0 fully saturated rings. The Kier molecular flexibility index (Phi) is 4.00. The van der Waals surface area contributed by atoms with Crippen molar-refractivity contribution in [1.82, 2.24) is 0 Å². The van der Waals surface area contributed by atoms with Gasteiger partial charge in [-0.15, -0.1) is 0 Å². The van der Waals surface area contributed by atoms with Crippen LogP contribution in [0.2, 0.25) is 0 Å². The Morgan fingerprint density at radius 1 is 1.25 bits per heavy atom. The number of aliphatic hydroxyl groups is 1. The summed E-state index contributed by atoms with van der Waals surface area (Å²) >= 11 is 0. The molecule has 0 aliphatic rings. The molecule has 0 aliphatic heterocycles. The molecule has 0 amide bonds. The van der Waals surface area contributed by atoms with Crippen LogP contribution < -0.4 is 4.74 Å². The Balaban J connectivity index is 2.38. The van der Waals surface area contributed by atoms with Gasteiger partial charge in [0.2, 0.25) is 5.75 Å². The third-order valence-corrected chi connectivity index (χ3v) is 2.88. The molecule has 0 spiro atoms. The summed E-state index contributed by atoms with van der Waals surface area (Å²) in [5.41, 5.74) is 1.32. The van der Waals surface area contributed by atoms with Crippen LogP contribution in [0.25, 0.3) is 0 Å². The van der Waals surface area contributed by atoms with Crippen LogP contribution >= 0.6 is 0 Å². The number of rotatable bonds is 4. The molecule has 0 heterocycles. The van der Waals surface area contributed by atoms with Crippen molar-refractivity contribution in [2.24, 2.45) is 0 Å². The minimum atomic E-state index is -0.762. The Bertz CT molecular complexity index is 638. The van der Waals surface area contributed by atoms with E-state index in [4.69, 9.17) is 4.74 Å². The zero-order valence-corrected chi connectivity index (χ0v) is 11.2.